The van der Waals surface area contributed by atoms with Crippen molar-refractivity contribution >= 4 is 29.5 Å². The summed E-state index contributed by atoms with van der Waals surface area (Å²) in [4.78, 5) is 18.7. The van der Waals surface area contributed by atoms with Crippen molar-refractivity contribution in [3.8, 4) is 0 Å². The molecule has 0 radical (unpaired) electrons. The fourth-order valence-electron chi connectivity index (χ4n) is 3.09. The molecule has 25 heavy (non-hydrogen) atoms. The Morgan fingerprint density at radius 1 is 1.48 bits per heavy atom. The van der Waals surface area contributed by atoms with Gasteiger partial charge in [0.05, 0.1) is 31.8 Å². The number of thiazole rings is 1. The van der Waals surface area contributed by atoms with Crippen molar-refractivity contribution in [1.29, 1.82) is 0 Å². The van der Waals surface area contributed by atoms with Gasteiger partial charge in [-0.3, -0.25) is 4.79 Å². The van der Waals surface area contributed by atoms with Crippen LogP contribution in [0.15, 0.2) is 30.3 Å². The van der Waals surface area contributed by atoms with Crippen molar-refractivity contribution in [2.75, 3.05) is 19.8 Å². The van der Waals surface area contributed by atoms with E-state index in [1.165, 1.54) is 11.3 Å². The maximum Gasteiger partial charge on any atom is 0.228 e. The Labute approximate surface area is 156 Å². The number of rotatable bonds is 5. The highest BCUT2D eigenvalue weighted by Gasteiger charge is 2.30. The molecule has 0 aliphatic carbocycles. The molecule has 2 aromatic rings. The zero-order valence-corrected chi connectivity index (χ0v) is 15.7. The lowest BCUT2D eigenvalue weighted by Gasteiger charge is -2.36. The standard InChI is InChI=1S/C18H22N2O3S2/c1-12-16(25-18(24)19-12)10-17(22)20-7-8-23-11-14(20)9-15(21)13-5-3-2-4-6-13/h2-6,14-15,21H,7-11H2,1H3,(H,19,24)/t14-,15-/m1/s1. The number of carbonyl (C=O) groups excluding carboxylic acids is 1. The smallest absolute Gasteiger partial charge is 0.228 e. The molecule has 5 nitrogen and oxygen atoms in total. The summed E-state index contributed by atoms with van der Waals surface area (Å²) in [6, 6.07) is 9.41. The molecule has 1 aromatic heterocycles. The number of amides is 1. The van der Waals surface area contributed by atoms with Gasteiger partial charge >= 0.3 is 0 Å². The molecule has 2 N–H and O–H groups in total. The number of nitrogens with one attached hydrogen (secondary N) is 1. The Hall–Kier alpha value is -1.54. The van der Waals surface area contributed by atoms with Crippen LogP contribution >= 0.6 is 23.6 Å². The van der Waals surface area contributed by atoms with E-state index in [-0.39, 0.29) is 11.9 Å². The van der Waals surface area contributed by atoms with Gasteiger partial charge in [0, 0.05) is 23.5 Å². The largest absolute Gasteiger partial charge is 0.388 e. The topological polar surface area (TPSA) is 65.6 Å². The fourth-order valence-corrected chi connectivity index (χ4v) is 4.37. The molecule has 1 aliphatic rings. The molecule has 2 atom stereocenters. The van der Waals surface area contributed by atoms with Crippen LogP contribution < -0.4 is 0 Å². The number of H-pyrrole nitrogens is 1. The molecule has 0 spiro atoms. The summed E-state index contributed by atoms with van der Waals surface area (Å²) in [7, 11) is 0. The van der Waals surface area contributed by atoms with E-state index in [4.69, 9.17) is 17.0 Å². The SMILES string of the molecule is Cc1[nH]c(=S)sc1CC(=O)N1CCOC[C@H]1C[C@@H](O)c1ccccc1. The molecule has 7 heteroatoms. The number of carbonyl (C=O) groups is 1. The van der Waals surface area contributed by atoms with Crippen LogP contribution in [0.3, 0.4) is 0 Å². The second kappa shape index (κ2) is 8.23. The summed E-state index contributed by atoms with van der Waals surface area (Å²) in [6.07, 6.45) is 0.193. The van der Waals surface area contributed by atoms with Gasteiger partial charge in [-0.05, 0) is 24.7 Å². The van der Waals surface area contributed by atoms with Gasteiger partial charge in [0.25, 0.3) is 0 Å². The Morgan fingerprint density at radius 3 is 2.92 bits per heavy atom. The molecule has 2 heterocycles. The first kappa shape index (κ1) is 18.3. The van der Waals surface area contributed by atoms with Crippen molar-refractivity contribution in [2.24, 2.45) is 0 Å². The minimum Gasteiger partial charge on any atom is -0.388 e. The molecular weight excluding hydrogens is 356 g/mol. The van der Waals surface area contributed by atoms with Crippen LogP contribution in [0.25, 0.3) is 0 Å². The van der Waals surface area contributed by atoms with Crippen LogP contribution in [0.1, 0.15) is 28.7 Å². The highest BCUT2D eigenvalue weighted by molar-refractivity contribution is 7.73. The van der Waals surface area contributed by atoms with Crippen LogP contribution in [0.5, 0.6) is 0 Å². The van der Waals surface area contributed by atoms with E-state index in [0.717, 1.165) is 16.1 Å². The third kappa shape index (κ3) is 4.55. The number of benzene rings is 1. The number of aromatic amines is 1. The van der Waals surface area contributed by atoms with Gasteiger partial charge in [-0.2, -0.15) is 0 Å². The molecular formula is C18H22N2O3S2. The summed E-state index contributed by atoms with van der Waals surface area (Å²) in [6.45, 7) is 3.48. The number of aliphatic hydroxyl groups is 1. The van der Waals surface area contributed by atoms with E-state index in [9.17, 15) is 9.90 Å². The molecule has 1 amide bonds. The molecule has 0 unspecified atom stereocenters. The molecule has 0 saturated carbocycles. The normalized spacial score (nSPS) is 19.0. The summed E-state index contributed by atoms with van der Waals surface area (Å²) in [5.41, 5.74) is 1.82. The minimum atomic E-state index is -0.612. The second-order valence-corrected chi connectivity index (χ2v) is 7.99. The third-order valence-electron chi connectivity index (χ3n) is 4.46. The maximum absolute atomic E-state index is 12.8. The van der Waals surface area contributed by atoms with Gasteiger partial charge < -0.3 is 19.7 Å². The first-order chi connectivity index (χ1) is 12.0. The molecule has 134 valence electrons. The van der Waals surface area contributed by atoms with E-state index in [2.05, 4.69) is 4.98 Å². The highest BCUT2D eigenvalue weighted by Crippen LogP contribution is 2.24. The lowest BCUT2D eigenvalue weighted by Crippen LogP contribution is -2.49. The maximum atomic E-state index is 12.8. The van der Waals surface area contributed by atoms with Gasteiger partial charge in [0.15, 0.2) is 3.95 Å². The third-order valence-corrected chi connectivity index (χ3v) is 5.80. The molecule has 1 fully saturated rings. The fraction of sp³-hybridized carbons (Fsp3) is 0.444. The van der Waals surface area contributed by atoms with E-state index in [0.29, 0.717) is 36.6 Å². The summed E-state index contributed by atoms with van der Waals surface area (Å²) in [5.74, 6) is 0.0573. The number of aliphatic hydroxyl groups excluding tert-OH is 1. The number of morpholine rings is 1. The van der Waals surface area contributed by atoms with Gasteiger partial charge in [-0.1, -0.05) is 30.3 Å². The van der Waals surface area contributed by atoms with Gasteiger partial charge in [0.1, 0.15) is 0 Å². The average Bonchev–Trinajstić information content (AvgIpc) is 2.93. The van der Waals surface area contributed by atoms with Crippen molar-refractivity contribution in [1.82, 2.24) is 9.88 Å². The average molecular weight is 379 g/mol. The Bertz CT molecular complexity index is 772. The zero-order chi connectivity index (χ0) is 17.8. The van der Waals surface area contributed by atoms with Gasteiger partial charge in [-0.25, -0.2) is 0 Å². The first-order valence-corrected chi connectivity index (χ1v) is 9.56. The van der Waals surface area contributed by atoms with Crippen molar-refractivity contribution in [2.45, 2.75) is 31.9 Å². The van der Waals surface area contributed by atoms with Crippen LogP contribution in [0.4, 0.5) is 0 Å². The number of hydrogen-bond donors (Lipinski definition) is 2. The minimum absolute atomic E-state index is 0.0573. The highest BCUT2D eigenvalue weighted by atomic mass is 32.1. The van der Waals surface area contributed by atoms with E-state index in [1.54, 1.807) is 0 Å². The summed E-state index contributed by atoms with van der Waals surface area (Å²) >= 11 is 6.60. The number of ether oxygens (including phenoxy) is 1. The van der Waals surface area contributed by atoms with Crippen LogP contribution in [-0.4, -0.2) is 46.7 Å². The van der Waals surface area contributed by atoms with Crippen LogP contribution in [-0.2, 0) is 16.0 Å². The van der Waals surface area contributed by atoms with Gasteiger partial charge in [0.2, 0.25) is 5.91 Å². The molecule has 1 saturated heterocycles. The number of nitrogens with zero attached hydrogens (tertiary/aromatic N) is 1. The number of aromatic nitrogens is 1. The Kier molecular flexibility index (Phi) is 6.01. The Morgan fingerprint density at radius 2 is 2.24 bits per heavy atom. The summed E-state index contributed by atoms with van der Waals surface area (Å²) in [5, 5.41) is 10.5. The van der Waals surface area contributed by atoms with Crippen molar-refractivity contribution in [3.63, 3.8) is 0 Å². The molecule has 0 bridgehead atoms. The van der Waals surface area contributed by atoms with E-state index < -0.39 is 6.10 Å². The molecule has 1 aromatic carbocycles. The predicted molar refractivity (Wildman–Crippen MR) is 100 cm³/mol. The molecule has 3 rings (SSSR count). The number of hydrogen-bond acceptors (Lipinski definition) is 5. The first-order valence-electron chi connectivity index (χ1n) is 8.33. The molecule has 1 aliphatic heterocycles. The monoisotopic (exact) mass is 378 g/mol. The van der Waals surface area contributed by atoms with E-state index >= 15 is 0 Å². The van der Waals surface area contributed by atoms with Crippen molar-refractivity contribution in [3.05, 3.63) is 50.4 Å². The zero-order valence-electron chi connectivity index (χ0n) is 14.1. The van der Waals surface area contributed by atoms with Gasteiger partial charge in [-0.15, -0.1) is 11.3 Å². The van der Waals surface area contributed by atoms with Crippen molar-refractivity contribution < 1.29 is 14.6 Å². The predicted octanol–water partition coefficient (Wildman–Crippen LogP) is 3.01. The number of aryl methyl sites for hydroxylation is 1. The summed E-state index contributed by atoms with van der Waals surface area (Å²) < 4.78 is 6.24. The lowest BCUT2D eigenvalue weighted by molar-refractivity contribution is -0.140. The quantitative estimate of drug-likeness (QED) is 0.785. The Balaban J connectivity index is 1.69. The lowest BCUT2D eigenvalue weighted by atomic mass is 10.0. The van der Waals surface area contributed by atoms with Crippen LogP contribution in [0, 0.1) is 10.9 Å². The van der Waals surface area contributed by atoms with E-state index in [1.807, 2.05) is 42.2 Å². The van der Waals surface area contributed by atoms with Crippen LogP contribution in [0.2, 0.25) is 0 Å². The second-order valence-electron chi connectivity index (χ2n) is 6.22.